The average Bonchev–Trinajstić information content (AvgIpc) is 2.46. The largest absolute Gasteiger partial charge is 0.394 e. The van der Waals surface area contributed by atoms with E-state index in [1.54, 1.807) is 0 Å². The van der Waals surface area contributed by atoms with Crippen molar-refractivity contribution in [1.29, 1.82) is 0 Å². The predicted octanol–water partition coefficient (Wildman–Crippen LogP) is 1.93. The molecule has 1 saturated heterocycles. The van der Waals surface area contributed by atoms with Gasteiger partial charge in [0.1, 0.15) is 0 Å². The lowest BCUT2D eigenvalue weighted by Crippen LogP contribution is -2.51. The van der Waals surface area contributed by atoms with E-state index >= 15 is 0 Å². The number of aliphatic hydroxyl groups is 1. The average molecular weight is 300 g/mol. The van der Waals surface area contributed by atoms with Crippen LogP contribution in [0.3, 0.4) is 0 Å². The molecule has 2 unspecified atom stereocenters. The van der Waals surface area contributed by atoms with Crippen LogP contribution in [0.5, 0.6) is 0 Å². The van der Waals surface area contributed by atoms with E-state index in [1.165, 1.54) is 25.9 Å². The van der Waals surface area contributed by atoms with Crippen molar-refractivity contribution in [1.82, 2.24) is 15.1 Å². The van der Waals surface area contributed by atoms with E-state index in [0.717, 1.165) is 25.8 Å². The molecule has 1 aliphatic heterocycles. The van der Waals surface area contributed by atoms with Gasteiger partial charge in [0.25, 0.3) is 0 Å². The fraction of sp³-hybridized carbons (Fsp3) is 1.00. The molecule has 4 heteroatoms. The third-order valence-corrected chi connectivity index (χ3v) is 4.91. The number of nitrogens with one attached hydrogen (secondary N) is 1. The molecule has 0 aromatic heterocycles. The highest BCUT2D eigenvalue weighted by Gasteiger charge is 2.28. The highest BCUT2D eigenvalue weighted by Crippen LogP contribution is 2.20. The number of nitrogens with zero attached hydrogens (tertiary/aromatic N) is 2. The Morgan fingerprint density at radius 3 is 2.62 bits per heavy atom. The van der Waals surface area contributed by atoms with E-state index in [2.05, 4.69) is 50.0 Å². The van der Waals surface area contributed by atoms with Gasteiger partial charge in [0, 0.05) is 24.2 Å². The number of aliphatic hydroxyl groups excluding tert-OH is 1. The quantitative estimate of drug-likeness (QED) is 0.682. The summed E-state index contributed by atoms with van der Waals surface area (Å²) >= 11 is 0. The minimum Gasteiger partial charge on any atom is -0.394 e. The Morgan fingerprint density at radius 1 is 1.38 bits per heavy atom. The van der Waals surface area contributed by atoms with Crippen molar-refractivity contribution in [3.8, 4) is 0 Å². The summed E-state index contributed by atoms with van der Waals surface area (Å²) in [5, 5.41) is 13.4. The summed E-state index contributed by atoms with van der Waals surface area (Å²) in [7, 11) is 4.38. The van der Waals surface area contributed by atoms with Gasteiger partial charge >= 0.3 is 0 Å². The molecule has 2 N–H and O–H groups in total. The number of likely N-dealkylation sites (tertiary alicyclic amines) is 1. The SMILES string of the molecule is CCC(CO)(CCCN1CCCC(N(C)C)C1)NC(C)C. The molecule has 0 saturated carbocycles. The molecule has 0 aromatic carbocycles. The Labute approximate surface area is 131 Å². The molecule has 1 fully saturated rings. The summed E-state index contributed by atoms with van der Waals surface area (Å²) in [4.78, 5) is 4.96. The summed E-state index contributed by atoms with van der Waals surface area (Å²) in [6.45, 7) is 10.3. The van der Waals surface area contributed by atoms with E-state index in [4.69, 9.17) is 0 Å². The number of rotatable bonds is 9. The minimum atomic E-state index is -0.0924. The molecule has 126 valence electrons. The summed E-state index contributed by atoms with van der Waals surface area (Å²) in [6.07, 6.45) is 5.84. The lowest BCUT2D eigenvalue weighted by Gasteiger charge is -2.38. The van der Waals surface area contributed by atoms with Gasteiger partial charge in [-0.3, -0.25) is 0 Å². The van der Waals surface area contributed by atoms with Gasteiger partial charge in [-0.25, -0.2) is 0 Å². The molecule has 4 nitrogen and oxygen atoms in total. The lowest BCUT2D eigenvalue weighted by molar-refractivity contribution is 0.111. The van der Waals surface area contributed by atoms with Gasteiger partial charge < -0.3 is 20.2 Å². The first-order valence-electron chi connectivity index (χ1n) is 8.70. The Kier molecular flexibility index (Phi) is 8.17. The standard InChI is InChI=1S/C17H37N3O/c1-6-17(14-21,18-15(2)3)10-8-12-20-11-7-9-16(13-20)19(4)5/h15-16,18,21H,6-14H2,1-5H3. The van der Waals surface area contributed by atoms with E-state index in [9.17, 15) is 5.11 Å². The number of hydrogen-bond donors (Lipinski definition) is 2. The maximum absolute atomic E-state index is 9.79. The number of likely N-dealkylation sites (N-methyl/N-ethyl adjacent to an activating group) is 1. The van der Waals surface area contributed by atoms with Gasteiger partial charge in [0.05, 0.1) is 6.61 Å². The van der Waals surface area contributed by atoms with Crippen LogP contribution in [0.4, 0.5) is 0 Å². The fourth-order valence-corrected chi connectivity index (χ4v) is 3.50. The lowest BCUT2D eigenvalue weighted by atomic mass is 9.90. The van der Waals surface area contributed by atoms with Crippen LogP contribution >= 0.6 is 0 Å². The molecule has 1 heterocycles. The molecule has 0 bridgehead atoms. The first kappa shape index (κ1) is 18.9. The molecule has 0 aromatic rings. The van der Waals surface area contributed by atoms with Crippen LogP contribution in [0, 0.1) is 0 Å². The van der Waals surface area contributed by atoms with Crippen molar-refractivity contribution < 1.29 is 5.11 Å². The van der Waals surface area contributed by atoms with Crippen molar-refractivity contribution in [3.63, 3.8) is 0 Å². The smallest absolute Gasteiger partial charge is 0.0613 e. The minimum absolute atomic E-state index is 0.0924. The van der Waals surface area contributed by atoms with E-state index in [0.29, 0.717) is 12.1 Å². The molecule has 0 spiro atoms. The predicted molar refractivity (Wildman–Crippen MR) is 90.8 cm³/mol. The molecular weight excluding hydrogens is 262 g/mol. The third-order valence-electron chi connectivity index (χ3n) is 4.91. The summed E-state index contributed by atoms with van der Waals surface area (Å²) in [5.74, 6) is 0. The molecular formula is C17H37N3O. The first-order valence-corrected chi connectivity index (χ1v) is 8.70. The van der Waals surface area contributed by atoms with Crippen molar-refractivity contribution in [3.05, 3.63) is 0 Å². The zero-order chi connectivity index (χ0) is 15.9. The molecule has 0 aliphatic carbocycles. The molecule has 21 heavy (non-hydrogen) atoms. The summed E-state index contributed by atoms with van der Waals surface area (Å²) in [6, 6.07) is 1.13. The molecule has 1 rings (SSSR count). The second-order valence-corrected chi connectivity index (χ2v) is 7.25. The van der Waals surface area contributed by atoms with Crippen LogP contribution in [0.15, 0.2) is 0 Å². The van der Waals surface area contributed by atoms with Crippen LogP contribution in [0.2, 0.25) is 0 Å². The highest BCUT2D eigenvalue weighted by molar-refractivity contribution is 4.88. The normalized spacial score (nSPS) is 23.7. The second kappa shape index (κ2) is 9.09. The van der Waals surface area contributed by atoms with Crippen LogP contribution in [-0.4, -0.2) is 72.9 Å². The molecule has 1 aliphatic rings. The van der Waals surface area contributed by atoms with E-state index in [1.807, 2.05) is 0 Å². The third kappa shape index (κ3) is 6.23. The van der Waals surface area contributed by atoms with Crippen molar-refractivity contribution in [2.45, 2.75) is 70.5 Å². The van der Waals surface area contributed by atoms with Crippen molar-refractivity contribution in [2.75, 3.05) is 40.3 Å². The highest BCUT2D eigenvalue weighted by atomic mass is 16.3. The Morgan fingerprint density at radius 2 is 2.10 bits per heavy atom. The monoisotopic (exact) mass is 299 g/mol. The van der Waals surface area contributed by atoms with Gasteiger partial charge in [0.2, 0.25) is 0 Å². The maximum atomic E-state index is 9.79. The van der Waals surface area contributed by atoms with Crippen LogP contribution < -0.4 is 5.32 Å². The summed E-state index contributed by atoms with van der Waals surface area (Å²) < 4.78 is 0. The van der Waals surface area contributed by atoms with Crippen LogP contribution in [0.25, 0.3) is 0 Å². The topological polar surface area (TPSA) is 38.7 Å². The van der Waals surface area contributed by atoms with Gasteiger partial charge in [-0.1, -0.05) is 20.8 Å². The van der Waals surface area contributed by atoms with Crippen LogP contribution in [-0.2, 0) is 0 Å². The van der Waals surface area contributed by atoms with Gasteiger partial charge in [-0.15, -0.1) is 0 Å². The van der Waals surface area contributed by atoms with Gasteiger partial charge in [-0.05, 0) is 59.3 Å². The zero-order valence-corrected chi connectivity index (χ0v) is 14.9. The maximum Gasteiger partial charge on any atom is 0.0613 e. The Balaban J connectivity index is 2.39. The molecule has 0 radical (unpaired) electrons. The van der Waals surface area contributed by atoms with Crippen molar-refractivity contribution in [2.24, 2.45) is 0 Å². The fourth-order valence-electron chi connectivity index (χ4n) is 3.50. The summed E-state index contributed by atoms with van der Waals surface area (Å²) in [5.41, 5.74) is -0.0924. The van der Waals surface area contributed by atoms with Crippen molar-refractivity contribution >= 4 is 0 Å². The van der Waals surface area contributed by atoms with Gasteiger partial charge in [-0.2, -0.15) is 0 Å². The van der Waals surface area contributed by atoms with Gasteiger partial charge in [0.15, 0.2) is 0 Å². The number of hydrogen-bond acceptors (Lipinski definition) is 4. The molecule has 2 atom stereocenters. The second-order valence-electron chi connectivity index (χ2n) is 7.25. The van der Waals surface area contributed by atoms with E-state index in [-0.39, 0.29) is 12.1 Å². The Bertz CT molecular complexity index is 277. The zero-order valence-electron chi connectivity index (χ0n) is 14.9. The van der Waals surface area contributed by atoms with Crippen LogP contribution in [0.1, 0.15) is 52.9 Å². The number of piperidine rings is 1. The molecule has 0 amide bonds. The van der Waals surface area contributed by atoms with E-state index < -0.39 is 0 Å². The first-order chi connectivity index (χ1) is 9.92. The Hall–Kier alpha value is -0.160.